The Hall–Kier alpha value is -4.29. The number of phosphoric acid groups is 1. The zero-order chi connectivity index (χ0) is 36.7. The van der Waals surface area contributed by atoms with Crippen molar-refractivity contribution in [3.63, 3.8) is 0 Å². The van der Waals surface area contributed by atoms with Gasteiger partial charge in [0.05, 0.1) is 11.6 Å². The van der Waals surface area contributed by atoms with Crippen molar-refractivity contribution in [3.8, 4) is 5.75 Å². The molecule has 8 rings (SSSR count). The number of carbonyl (C=O) groups excluding carboxylic acids is 3. The third-order valence-corrected chi connectivity index (χ3v) is 11.7. The summed E-state index contributed by atoms with van der Waals surface area (Å²) in [6.45, 7) is -5.04. The molecule has 3 heterocycles. The fraction of sp³-hybridized carbons (Fsp3) is 0.394. The highest BCUT2D eigenvalue weighted by molar-refractivity contribution is 7.98. The van der Waals surface area contributed by atoms with Gasteiger partial charge in [0, 0.05) is 42.2 Å². The summed E-state index contributed by atoms with van der Waals surface area (Å²) in [6, 6.07) is 16.6. The van der Waals surface area contributed by atoms with E-state index in [9.17, 15) is 28.1 Å². The maximum Gasteiger partial charge on any atom is 0.483 e. The van der Waals surface area contributed by atoms with Crippen molar-refractivity contribution in [3.05, 3.63) is 93.4 Å². The van der Waals surface area contributed by atoms with E-state index < -0.39 is 87.7 Å². The number of thioether (sulfide) groups is 1. The largest absolute Gasteiger partial charge is 0.483 e. The Labute approximate surface area is 299 Å². The summed E-state index contributed by atoms with van der Waals surface area (Å²) in [7, 11) is -4.80. The summed E-state index contributed by atoms with van der Waals surface area (Å²) in [5, 5.41) is 19.7. The van der Waals surface area contributed by atoms with Crippen molar-refractivity contribution in [2.45, 2.75) is 47.2 Å². The van der Waals surface area contributed by atoms with E-state index in [1.54, 1.807) is 16.7 Å². The number of hydrogen-bond donors (Lipinski definition) is 2. The van der Waals surface area contributed by atoms with Crippen molar-refractivity contribution >= 4 is 37.4 Å². The van der Waals surface area contributed by atoms with Gasteiger partial charge in [-0.3, -0.25) is 19.3 Å². The number of alkyl halides is 1. The zero-order valence-electron chi connectivity index (χ0n) is 27.4. The third kappa shape index (κ3) is 6.71. The first-order valence-corrected chi connectivity index (χ1v) is 18.5. The molecule has 3 aromatic rings. The van der Waals surface area contributed by atoms with Gasteiger partial charge in [-0.2, -0.15) is 0 Å². The van der Waals surface area contributed by atoms with E-state index in [2.05, 4.69) is 9.47 Å². The van der Waals surface area contributed by atoms with Crippen molar-refractivity contribution in [2.75, 3.05) is 45.3 Å². The molecular formula is C33H33FN3O13PS. The van der Waals surface area contributed by atoms with Gasteiger partial charge in [0.15, 0.2) is 5.69 Å². The number of aliphatic hydroxyl groups excluding tert-OH is 2. The van der Waals surface area contributed by atoms with Gasteiger partial charge in [-0.05, 0) is 22.8 Å². The van der Waals surface area contributed by atoms with Gasteiger partial charge in [0.25, 0.3) is 5.91 Å². The predicted octanol–water partition coefficient (Wildman–Crippen LogP) is 2.72. The number of pyridine rings is 1. The Kier molecular flexibility index (Phi) is 9.90. The number of ether oxygens (including phenoxy) is 3. The second kappa shape index (κ2) is 14.3. The summed E-state index contributed by atoms with van der Waals surface area (Å²) in [5.41, 5.74) is -0.0119. The number of aliphatic hydroxyl groups is 2. The molecule has 3 saturated carbocycles. The second-order valence-electron chi connectivity index (χ2n) is 12.5. The van der Waals surface area contributed by atoms with E-state index in [0.29, 0.717) is 5.75 Å². The fourth-order valence-electron chi connectivity index (χ4n) is 7.02. The Morgan fingerprint density at radius 1 is 0.885 bits per heavy atom. The molecule has 19 heteroatoms. The molecule has 2 aliphatic heterocycles. The summed E-state index contributed by atoms with van der Waals surface area (Å²) >= 11 is 1.68. The van der Waals surface area contributed by atoms with Crippen LogP contribution in [-0.4, -0.2) is 89.1 Å². The molecule has 0 spiro atoms. The minimum absolute atomic E-state index is 0.0642. The number of rotatable bonds is 14. The van der Waals surface area contributed by atoms with Crippen LogP contribution in [0.2, 0.25) is 0 Å². The van der Waals surface area contributed by atoms with Gasteiger partial charge < -0.3 is 29.3 Å². The van der Waals surface area contributed by atoms with Crippen LogP contribution in [0.1, 0.15) is 52.5 Å². The average molecular weight is 762 g/mol. The highest BCUT2D eigenvalue weighted by Gasteiger charge is 2.73. The maximum absolute atomic E-state index is 14.9. The quantitative estimate of drug-likeness (QED) is 0.138. The number of phosphoric ester groups is 1. The number of nitrogens with zero attached hydrogens (tertiary/aromatic N) is 3. The molecule has 3 fully saturated rings. The summed E-state index contributed by atoms with van der Waals surface area (Å²) < 4.78 is 59.6. The lowest BCUT2D eigenvalue weighted by atomic mass is 9.46. The van der Waals surface area contributed by atoms with Crippen LogP contribution in [0.15, 0.2) is 70.5 Å². The molecule has 1 atom stereocenters. The molecule has 0 saturated heterocycles. The molecule has 5 aliphatic rings. The number of amides is 1. The summed E-state index contributed by atoms with van der Waals surface area (Å²) in [6.07, 6.45) is 1.93. The van der Waals surface area contributed by atoms with E-state index in [1.807, 2.05) is 53.5 Å². The van der Waals surface area contributed by atoms with Crippen molar-refractivity contribution in [1.82, 2.24) is 9.58 Å². The minimum atomic E-state index is -4.80. The van der Waals surface area contributed by atoms with Crippen molar-refractivity contribution in [1.29, 1.82) is 0 Å². The van der Waals surface area contributed by atoms with E-state index >= 15 is 0 Å². The SMILES string of the molecule is O=C(CO)OCOP(=O)(OCOC(=O)CO)OCOc1c2n(ccc1=O)N([C@H]1c3ccccc3CSc3ccccc31)CN(C13CC(F)(C1)C3)C2=O. The molecule has 52 heavy (non-hydrogen) atoms. The highest BCUT2D eigenvalue weighted by Crippen LogP contribution is 2.66. The van der Waals surface area contributed by atoms with E-state index in [-0.39, 0.29) is 31.6 Å². The molecule has 1 aromatic heterocycles. The lowest BCUT2D eigenvalue weighted by Crippen LogP contribution is -2.79. The van der Waals surface area contributed by atoms with Crippen LogP contribution in [0, 0.1) is 0 Å². The van der Waals surface area contributed by atoms with E-state index in [1.165, 1.54) is 16.9 Å². The fourth-order valence-corrected chi connectivity index (χ4v) is 8.88. The van der Waals surface area contributed by atoms with Gasteiger partial charge in [0.2, 0.25) is 31.6 Å². The molecule has 16 nitrogen and oxygen atoms in total. The van der Waals surface area contributed by atoms with Crippen LogP contribution in [0.4, 0.5) is 4.39 Å². The van der Waals surface area contributed by atoms with Gasteiger partial charge in [-0.25, -0.2) is 32.1 Å². The number of esters is 2. The first-order chi connectivity index (χ1) is 25.0. The van der Waals surface area contributed by atoms with Crippen LogP contribution >= 0.6 is 19.6 Å². The van der Waals surface area contributed by atoms with Gasteiger partial charge in [0.1, 0.15) is 25.6 Å². The molecule has 2 bridgehead atoms. The van der Waals surface area contributed by atoms with Crippen LogP contribution in [0.25, 0.3) is 0 Å². The Morgan fingerprint density at radius 3 is 2.15 bits per heavy atom. The molecule has 0 unspecified atom stereocenters. The number of carbonyl (C=O) groups is 3. The lowest BCUT2D eigenvalue weighted by Gasteiger charge is -2.70. The monoisotopic (exact) mass is 761 g/mol. The van der Waals surface area contributed by atoms with Crippen LogP contribution < -0.4 is 15.2 Å². The number of fused-ring (bicyclic) bond motifs is 3. The number of benzene rings is 2. The second-order valence-corrected chi connectivity index (χ2v) is 15.2. The minimum Gasteiger partial charge on any atom is -0.460 e. The molecule has 276 valence electrons. The molecular weight excluding hydrogens is 728 g/mol. The summed E-state index contributed by atoms with van der Waals surface area (Å²) in [4.78, 5) is 53.2. The van der Waals surface area contributed by atoms with Crippen molar-refractivity contribution in [2.24, 2.45) is 0 Å². The maximum atomic E-state index is 14.9. The molecule has 2 N–H and O–H groups in total. The smallest absolute Gasteiger partial charge is 0.460 e. The Bertz CT molecular complexity index is 1920. The Morgan fingerprint density at radius 2 is 1.50 bits per heavy atom. The number of halogens is 1. The van der Waals surface area contributed by atoms with Crippen LogP contribution in [0.3, 0.4) is 0 Å². The first-order valence-electron chi connectivity index (χ1n) is 16.0. The van der Waals surface area contributed by atoms with Crippen LogP contribution in [-0.2, 0) is 43.0 Å². The molecule has 0 radical (unpaired) electrons. The predicted molar refractivity (Wildman–Crippen MR) is 177 cm³/mol. The van der Waals surface area contributed by atoms with Gasteiger partial charge in [-0.15, -0.1) is 11.8 Å². The topological polar surface area (TPSA) is 193 Å². The van der Waals surface area contributed by atoms with Crippen molar-refractivity contribution < 1.29 is 61.3 Å². The normalized spacial score (nSPS) is 22.9. The van der Waals surface area contributed by atoms with Gasteiger partial charge in [-0.1, -0.05) is 42.5 Å². The third-order valence-electron chi connectivity index (χ3n) is 9.33. The number of hydrogen-bond acceptors (Lipinski definition) is 15. The molecule has 1 amide bonds. The van der Waals surface area contributed by atoms with E-state index in [0.717, 1.165) is 21.6 Å². The lowest BCUT2D eigenvalue weighted by molar-refractivity contribution is -0.214. The highest BCUT2D eigenvalue weighted by atomic mass is 32.2. The average Bonchev–Trinajstić information content (AvgIpc) is 3.28. The first kappa shape index (κ1) is 36.1. The standard InChI is InChI=1S/C33H33FN3O13PS/c34-32-14-33(15-32,16-32)35-17-37(28-22-6-2-1-5-21(22)13-52-25-8-4-3-7-23(25)28)36-10-9-24(40)30(29(36)31(35)43)47-20-50-51(44,48-18-45-26(41)11-38)49-19-46-27(42)12-39/h1-10,28,38-39H,11-20H2/t28-,32?,33?/m0/s1. The molecule has 2 aromatic carbocycles. The zero-order valence-corrected chi connectivity index (χ0v) is 29.1. The Balaban J connectivity index is 1.23. The molecule has 3 aliphatic carbocycles. The summed E-state index contributed by atoms with van der Waals surface area (Å²) in [5.74, 6) is -2.63. The van der Waals surface area contributed by atoms with E-state index in [4.69, 9.17) is 28.5 Å². The number of aromatic nitrogens is 1. The van der Waals surface area contributed by atoms with Crippen LogP contribution in [0.5, 0.6) is 5.75 Å². The van der Waals surface area contributed by atoms with Gasteiger partial charge >= 0.3 is 19.8 Å².